The van der Waals surface area contributed by atoms with Gasteiger partial charge in [0.1, 0.15) is 18.0 Å². The van der Waals surface area contributed by atoms with Crippen LogP contribution >= 0.6 is 12.2 Å². The third-order valence-electron chi connectivity index (χ3n) is 6.86. The Kier molecular flexibility index (Phi) is 7.97. The number of anilines is 1. The van der Waals surface area contributed by atoms with Gasteiger partial charge in [0.25, 0.3) is 0 Å². The summed E-state index contributed by atoms with van der Waals surface area (Å²) in [5.74, 6) is 3.21. The summed E-state index contributed by atoms with van der Waals surface area (Å²) < 4.78 is 11.8. The van der Waals surface area contributed by atoms with Crippen LogP contribution in [0.5, 0.6) is 11.5 Å². The smallest absolute Gasteiger partial charge is 0.169 e. The molecule has 0 spiro atoms. The lowest BCUT2D eigenvalue weighted by molar-refractivity contribution is 0.257. The van der Waals surface area contributed by atoms with Gasteiger partial charge < -0.3 is 34.9 Å². The van der Waals surface area contributed by atoms with Gasteiger partial charge in [0, 0.05) is 56.1 Å². The number of aromatic amines is 1. The van der Waals surface area contributed by atoms with Crippen LogP contribution in [0.25, 0.3) is 10.9 Å². The number of H-pyrrole nitrogens is 1. The van der Waals surface area contributed by atoms with Crippen LogP contribution in [-0.2, 0) is 6.54 Å². The maximum atomic E-state index is 6.14. The lowest BCUT2D eigenvalue weighted by Crippen LogP contribution is -2.51. The number of nitrogens with zero attached hydrogens (tertiary/aromatic N) is 5. The van der Waals surface area contributed by atoms with E-state index in [0.717, 1.165) is 72.6 Å². The Morgan fingerprint density at radius 2 is 2.03 bits per heavy atom. The molecule has 2 aliphatic heterocycles. The lowest BCUT2D eigenvalue weighted by Gasteiger charge is -2.37. The molecule has 1 unspecified atom stereocenters. The van der Waals surface area contributed by atoms with Gasteiger partial charge in [-0.15, -0.1) is 0 Å². The zero-order valence-electron chi connectivity index (χ0n) is 20.7. The molecular weight excluding hydrogens is 476 g/mol. The molecule has 10 nitrogen and oxygen atoms in total. The molecule has 0 saturated carbocycles. The first-order chi connectivity index (χ1) is 17.7. The van der Waals surface area contributed by atoms with Gasteiger partial charge in [-0.3, -0.25) is 0 Å². The minimum Gasteiger partial charge on any atom is -0.493 e. The molecule has 3 aromatic rings. The average molecular weight is 511 g/mol. The Bertz CT molecular complexity index is 1140. The third-order valence-corrected chi connectivity index (χ3v) is 7.27. The van der Waals surface area contributed by atoms with Crippen LogP contribution in [0.15, 0.2) is 30.9 Å². The van der Waals surface area contributed by atoms with E-state index in [-0.39, 0.29) is 0 Å². The first kappa shape index (κ1) is 24.5. The highest BCUT2D eigenvalue weighted by Gasteiger charge is 2.23. The van der Waals surface area contributed by atoms with Crippen LogP contribution < -0.4 is 25.0 Å². The van der Waals surface area contributed by atoms with Crippen LogP contribution in [0.3, 0.4) is 0 Å². The molecule has 1 aromatic carbocycles. The highest BCUT2D eigenvalue weighted by atomic mass is 32.1. The Morgan fingerprint density at radius 3 is 2.78 bits per heavy atom. The molecule has 2 aromatic heterocycles. The quantitative estimate of drug-likeness (QED) is 0.392. The molecule has 36 heavy (non-hydrogen) atoms. The van der Waals surface area contributed by atoms with Crippen molar-refractivity contribution in [1.82, 2.24) is 35.5 Å². The molecule has 2 aliphatic rings. The van der Waals surface area contributed by atoms with Crippen molar-refractivity contribution in [2.45, 2.75) is 38.3 Å². The minimum atomic E-state index is 0.533. The van der Waals surface area contributed by atoms with Crippen LogP contribution in [-0.4, -0.2) is 82.4 Å². The molecule has 2 saturated heterocycles. The summed E-state index contributed by atoms with van der Waals surface area (Å²) in [5.41, 5.74) is 0.852. The molecular formula is C25H34N8O2S. The van der Waals surface area contributed by atoms with E-state index >= 15 is 0 Å². The van der Waals surface area contributed by atoms with Crippen molar-refractivity contribution in [3.63, 3.8) is 0 Å². The fourth-order valence-corrected chi connectivity index (χ4v) is 5.10. The van der Waals surface area contributed by atoms with E-state index < -0.39 is 0 Å². The molecule has 5 rings (SSSR count). The molecule has 0 bridgehead atoms. The molecule has 0 radical (unpaired) electrons. The molecule has 3 N–H and O–H groups in total. The Morgan fingerprint density at radius 1 is 1.14 bits per heavy atom. The lowest BCUT2D eigenvalue weighted by atomic mass is 10.0. The standard InChI is InChI=1S/C25H34N8O2S/c1-34-21-14-19-20(15-22(21)35-13-5-18-4-2-3-6-26-18)30-17-31-24(19)32-9-11-33(12-10-32)25(36)29-16-23-27-7-8-28-23/h7-8,14-15,17-18,26H,2-6,9-13,16H2,1H3,(H,27,28)(H,29,36). The van der Waals surface area contributed by atoms with Gasteiger partial charge in [0.05, 0.1) is 25.8 Å². The summed E-state index contributed by atoms with van der Waals surface area (Å²) in [4.78, 5) is 20.9. The second kappa shape index (κ2) is 11.7. The van der Waals surface area contributed by atoms with Gasteiger partial charge in [-0.05, 0) is 44.1 Å². The van der Waals surface area contributed by atoms with Crippen molar-refractivity contribution >= 4 is 34.1 Å². The van der Waals surface area contributed by atoms with Crippen molar-refractivity contribution in [1.29, 1.82) is 0 Å². The van der Waals surface area contributed by atoms with E-state index in [9.17, 15) is 0 Å². The summed E-state index contributed by atoms with van der Waals surface area (Å²) in [6.07, 6.45) is 9.93. The van der Waals surface area contributed by atoms with Crippen LogP contribution in [0.1, 0.15) is 31.5 Å². The average Bonchev–Trinajstić information content (AvgIpc) is 3.45. The van der Waals surface area contributed by atoms with Gasteiger partial charge in [-0.1, -0.05) is 6.42 Å². The molecule has 4 heterocycles. The minimum absolute atomic E-state index is 0.533. The molecule has 0 amide bonds. The topological polar surface area (TPSA) is 103 Å². The molecule has 2 fully saturated rings. The zero-order valence-corrected chi connectivity index (χ0v) is 21.5. The monoisotopic (exact) mass is 510 g/mol. The molecule has 0 aliphatic carbocycles. The van der Waals surface area contributed by atoms with Gasteiger partial charge >= 0.3 is 0 Å². The number of hydrogen-bond donors (Lipinski definition) is 3. The van der Waals surface area contributed by atoms with Crippen molar-refractivity contribution in [2.24, 2.45) is 0 Å². The van der Waals surface area contributed by atoms with E-state index in [2.05, 4.69) is 40.4 Å². The first-order valence-corrected chi connectivity index (χ1v) is 13.1. The second-order valence-corrected chi connectivity index (χ2v) is 9.56. The van der Waals surface area contributed by atoms with Crippen molar-refractivity contribution < 1.29 is 9.47 Å². The van der Waals surface area contributed by atoms with E-state index in [1.54, 1.807) is 19.6 Å². The molecule has 192 valence electrons. The number of methoxy groups -OCH3 is 1. The Balaban J connectivity index is 1.22. The van der Waals surface area contributed by atoms with Gasteiger partial charge in [-0.2, -0.15) is 0 Å². The van der Waals surface area contributed by atoms with Crippen molar-refractivity contribution in [3.05, 3.63) is 36.7 Å². The van der Waals surface area contributed by atoms with E-state index in [0.29, 0.717) is 24.9 Å². The number of thiocarbonyl (C=S) groups is 1. The highest BCUT2D eigenvalue weighted by Crippen LogP contribution is 2.35. The zero-order chi connectivity index (χ0) is 24.7. The number of nitrogens with one attached hydrogen (secondary N) is 3. The Labute approximate surface area is 216 Å². The number of piperidine rings is 1. The Hall–Kier alpha value is -3.18. The maximum Gasteiger partial charge on any atom is 0.169 e. The SMILES string of the molecule is COc1cc2c(N3CCN(C(=S)NCc4ncc[nH]4)CC3)ncnc2cc1OCCC1CCCCN1. The summed E-state index contributed by atoms with van der Waals surface area (Å²) >= 11 is 5.60. The fraction of sp³-hybridized carbons (Fsp3) is 0.520. The van der Waals surface area contributed by atoms with Gasteiger partial charge in [-0.25, -0.2) is 15.0 Å². The second-order valence-electron chi connectivity index (χ2n) is 9.17. The number of hydrogen-bond acceptors (Lipinski definition) is 8. The normalized spacial score (nSPS) is 18.3. The summed E-state index contributed by atoms with van der Waals surface area (Å²) in [6.45, 7) is 5.57. The highest BCUT2D eigenvalue weighted by molar-refractivity contribution is 7.80. The van der Waals surface area contributed by atoms with Crippen molar-refractivity contribution in [3.8, 4) is 11.5 Å². The summed E-state index contributed by atoms with van der Waals surface area (Å²) in [7, 11) is 1.68. The van der Waals surface area contributed by atoms with Crippen LogP contribution in [0, 0.1) is 0 Å². The van der Waals surface area contributed by atoms with Gasteiger partial charge in [0.15, 0.2) is 16.6 Å². The number of imidazole rings is 1. The number of piperazine rings is 1. The third kappa shape index (κ3) is 5.79. The number of fused-ring (bicyclic) bond motifs is 1. The number of benzene rings is 1. The largest absolute Gasteiger partial charge is 0.493 e. The van der Waals surface area contributed by atoms with E-state index in [4.69, 9.17) is 21.7 Å². The van der Waals surface area contributed by atoms with Gasteiger partial charge in [0.2, 0.25) is 0 Å². The van der Waals surface area contributed by atoms with E-state index in [1.807, 2.05) is 18.3 Å². The predicted molar refractivity (Wildman–Crippen MR) is 144 cm³/mol. The van der Waals surface area contributed by atoms with Crippen LogP contribution in [0.2, 0.25) is 0 Å². The first-order valence-electron chi connectivity index (χ1n) is 12.7. The predicted octanol–water partition coefficient (Wildman–Crippen LogP) is 2.47. The number of rotatable bonds is 8. The number of ether oxygens (including phenoxy) is 2. The molecule has 11 heteroatoms. The van der Waals surface area contributed by atoms with Crippen LogP contribution in [0.4, 0.5) is 5.82 Å². The van der Waals surface area contributed by atoms with E-state index in [1.165, 1.54) is 19.3 Å². The fourth-order valence-electron chi connectivity index (χ4n) is 4.84. The maximum absolute atomic E-state index is 6.14. The molecule has 1 atom stereocenters. The number of aromatic nitrogens is 4. The summed E-state index contributed by atoms with van der Waals surface area (Å²) in [5, 5.41) is 8.56. The summed E-state index contributed by atoms with van der Waals surface area (Å²) in [6, 6.07) is 4.50. The van der Waals surface area contributed by atoms with Crippen molar-refractivity contribution in [2.75, 3.05) is 51.3 Å².